The average Bonchev–Trinajstić information content (AvgIpc) is 3.17. The summed E-state index contributed by atoms with van der Waals surface area (Å²) in [5.41, 5.74) is 1.23. The van der Waals surface area contributed by atoms with Gasteiger partial charge in [0.2, 0.25) is 5.91 Å². The number of nitrogens with zero attached hydrogens (tertiary/aromatic N) is 1. The van der Waals surface area contributed by atoms with Crippen LogP contribution >= 0.6 is 11.3 Å². The quantitative estimate of drug-likeness (QED) is 0.884. The van der Waals surface area contributed by atoms with Crippen molar-refractivity contribution in [1.82, 2.24) is 10.3 Å². The Labute approximate surface area is 136 Å². The highest BCUT2D eigenvalue weighted by Crippen LogP contribution is 2.47. The zero-order valence-corrected chi connectivity index (χ0v) is 13.4. The smallest absolute Gasteiger partial charge is 0.270 e. The summed E-state index contributed by atoms with van der Waals surface area (Å²) in [6.45, 7) is 1.88. The van der Waals surface area contributed by atoms with E-state index in [2.05, 4.69) is 15.6 Å². The molecule has 120 valence electrons. The fraction of sp³-hybridized carbons (Fsp3) is 0.312. The molecule has 1 saturated carbocycles. The number of amides is 2. The molecule has 0 aliphatic heterocycles. The molecule has 0 atom stereocenters. The van der Waals surface area contributed by atoms with Gasteiger partial charge in [-0.3, -0.25) is 9.59 Å². The largest absolute Gasteiger partial charge is 0.350 e. The molecule has 1 aliphatic rings. The molecule has 2 aromatic rings. The summed E-state index contributed by atoms with van der Waals surface area (Å²) < 4.78 is 13.0. The summed E-state index contributed by atoms with van der Waals surface area (Å²) in [5.74, 6) is -0.757. The highest BCUT2D eigenvalue weighted by Gasteiger charge is 2.44. The van der Waals surface area contributed by atoms with Crippen molar-refractivity contribution in [2.75, 3.05) is 11.9 Å². The number of halogens is 1. The van der Waals surface area contributed by atoms with Gasteiger partial charge >= 0.3 is 0 Å². The molecule has 1 aromatic carbocycles. The predicted octanol–water partition coefficient (Wildman–Crippen LogP) is 2.70. The van der Waals surface area contributed by atoms with Gasteiger partial charge in [0.05, 0.1) is 0 Å². The molecule has 7 heteroatoms. The third-order valence-corrected chi connectivity index (χ3v) is 4.67. The topological polar surface area (TPSA) is 71.1 Å². The van der Waals surface area contributed by atoms with E-state index in [4.69, 9.17) is 0 Å². The SMILES string of the molecule is CC(=O)Nc1nc(C(=O)NCC2(c3ccc(F)cc3)CC2)cs1. The number of benzene rings is 1. The minimum absolute atomic E-state index is 0.0974. The van der Waals surface area contributed by atoms with Crippen molar-refractivity contribution in [1.29, 1.82) is 0 Å². The summed E-state index contributed by atoms with van der Waals surface area (Å²) in [7, 11) is 0. The summed E-state index contributed by atoms with van der Waals surface area (Å²) in [6, 6.07) is 6.42. The van der Waals surface area contributed by atoms with Gasteiger partial charge in [-0.1, -0.05) is 12.1 Å². The van der Waals surface area contributed by atoms with E-state index in [-0.39, 0.29) is 28.7 Å². The van der Waals surface area contributed by atoms with Crippen LogP contribution in [0.4, 0.5) is 9.52 Å². The van der Waals surface area contributed by atoms with Crippen molar-refractivity contribution in [3.63, 3.8) is 0 Å². The van der Waals surface area contributed by atoms with E-state index in [1.807, 2.05) is 0 Å². The molecule has 3 rings (SSSR count). The minimum Gasteiger partial charge on any atom is -0.350 e. The van der Waals surface area contributed by atoms with Crippen molar-refractivity contribution >= 4 is 28.3 Å². The lowest BCUT2D eigenvalue weighted by Gasteiger charge is -2.16. The lowest BCUT2D eigenvalue weighted by molar-refractivity contribution is -0.114. The summed E-state index contributed by atoms with van der Waals surface area (Å²) in [4.78, 5) is 27.2. The second-order valence-electron chi connectivity index (χ2n) is 5.69. The Kier molecular flexibility index (Phi) is 4.12. The van der Waals surface area contributed by atoms with Gasteiger partial charge in [0.1, 0.15) is 11.5 Å². The first-order valence-corrected chi connectivity index (χ1v) is 8.14. The van der Waals surface area contributed by atoms with E-state index >= 15 is 0 Å². The Morgan fingerprint density at radius 2 is 2.00 bits per heavy atom. The Hall–Kier alpha value is -2.28. The van der Waals surface area contributed by atoms with Crippen molar-refractivity contribution in [3.05, 3.63) is 46.7 Å². The standard InChI is InChI=1S/C16H16FN3O2S/c1-10(21)19-15-20-13(8-23-15)14(22)18-9-16(6-7-16)11-2-4-12(17)5-3-11/h2-5,8H,6-7,9H2,1H3,(H,18,22)(H,19,20,21). The third-order valence-electron chi connectivity index (χ3n) is 3.92. The van der Waals surface area contributed by atoms with E-state index in [1.165, 1.54) is 30.4 Å². The van der Waals surface area contributed by atoms with Gasteiger partial charge in [0.25, 0.3) is 5.91 Å². The third kappa shape index (κ3) is 3.56. The van der Waals surface area contributed by atoms with Crippen molar-refractivity contribution in [2.45, 2.75) is 25.2 Å². The molecule has 2 amide bonds. The molecule has 23 heavy (non-hydrogen) atoms. The summed E-state index contributed by atoms with van der Waals surface area (Å²) >= 11 is 1.21. The van der Waals surface area contributed by atoms with Crippen molar-refractivity contribution < 1.29 is 14.0 Å². The van der Waals surface area contributed by atoms with Crippen LogP contribution in [0, 0.1) is 5.82 Å². The van der Waals surface area contributed by atoms with Gasteiger partial charge in [-0.05, 0) is 30.5 Å². The van der Waals surface area contributed by atoms with E-state index in [0.717, 1.165) is 18.4 Å². The van der Waals surface area contributed by atoms with Crippen LogP contribution in [-0.4, -0.2) is 23.3 Å². The van der Waals surface area contributed by atoms with Crippen LogP contribution in [0.5, 0.6) is 0 Å². The Bertz CT molecular complexity index is 738. The normalized spacial score (nSPS) is 15.0. The van der Waals surface area contributed by atoms with Gasteiger partial charge < -0.3 is 10.6 Å². The molecule has 0 saturated heterocycles. The van der Waals surface area contributed by atoms with Gasteiger partial charge in [0.15, 0.2) is 5.13 Å². The van der Waals surface area contributed by atoms with Gasteiger partial charge in [-0.15, -0.1) is 11.3 Å². The van der Waals surface area contributed by atoms with Crippen LogP contribution in [0.25, 0.3) is 0 Å². The van der Waals surface area contributed by atoms with Crippen LogP contribution in [-0.2, 0) is 10.2 Å². The Morgan fingerprint density at radius 3 is 2.61 bits per heavy atom. The zero-order valence-electron chi connectivity index (χ0n) is 12.6. The van der Waals surface area contributed by atoms with Crippen LogP contribution in [0.2, 0.25) is 0 Å². The van der Waals surface area contributed by atoms with E-state index in [0.29, 0.717) is 11.7 Å². The van der Waals surface area contributed by atoms with Crippen molar-refractivity contribution in [2.24, 2.45) is 0 Å². The first kappa shape index (κ1) is 15.6. The number of hydrogen-bond donors (Lipinski definition) is 2. The predicted molar refractivity (Wildman–Crippen MR) is 86.1 cm³/mol. The molecule has 0 unspecified atom stereocenters. The van der Waals surface area contributed by atoms with Crippen molar-refractivity contribution in [3.8, 4) is 0 Å². The maximum atomic E-state index is 13.0. The molecular weight excluding hydrogens is 317 g/mol. The maximum absolute atomic E-state index is 13.0. The molecule has 0 radical (unpaired) electrons. The monoisotopic (exact) mass is 333 g/mol. The summed E-state index contributed by atoms with van der Waals surface area (Å²) in [5, 5.41) is 7.44. The number of nitrogens with one attached hydrogen (secondary N) is 2. The van der Waals surface area contributed by atoms with E-state index in [1.54, 1.807) is 17.5 Å². The fourth-order valence-electron chi connectivity index (χ4n) is 2.45. The Balaban J connectivity index is 1.61. The number of rotatable bonds is 5. The van der Waals surface area contributed by atoms with E-state index in [9.17, 15) is 14.0 Å². The van der Waals surface area contributed by atoms with Crippen LogP contribution in [0.3, 0.4) is 0 Å². The number of carbonyl (C=O) groups excluding carboxylic acids is 2. The fourth-order valence-corrected chi connectivity index (χ4v) is 3.18. The molecule has 1 fully saturated rings. The highest BCUT2D eigenvalue weighted by molar-refractivity contribution is 7.14. The highest BCUT2D eigenvalue weighted by atomic mass is 32.1. The molecule has 0 bridgehead atoms. The first-order valence-electron chi connectivity index (χ1n) is 7.26. The van der Waals surface area contributed by atoms with E-state index < -0.39 is 0 Å². The molecule has 2 N–H and O–H groups in total. The molecule has 5 nitrogen and oxygen atoms in total. The first-order chi connectivity index (χ1) is 11.0. The van der Waals surface area contributed by atoms with Gasteiger partial charge in [0, 0.05) is 24.3 Å². The summed E-state index contributed by atoms with van der Waals surface area (Å²) in [6.07, 6.45) is 1.93. The van der Waals surface area contributed by atoms with Crippen LogP contribution < -0.4 is 10.6 Å². The Morgan fingerprint density at radius 1 is 1.30 bits per heavy atom. The maximum Gasteiger partial charge on any atom is 0.270 e. The molecular formula is C16H16FN3O2S. The van der Waals surface area contributed by atoms with Gasteiger partial charge in [-0.2, -0.15) is 0 Å². The molecule has 1 aliphatic carbocycles. The van der Waals surface area contributed by atoms with Crippen LogP contribution in [0.15, 0.2) is 29.6 Å². The second kappa shape index (κ2) is 6.08. The number of aromatic nitrogens is 1. The zero-order chi connectivity index (χ0) is 16.4. The minimum atomic E-state index is -0.272. The lowest BCUT2D eigenvalue weighted by atomic mass is 9.96. The van der Waals surface area contributed by atoms with Gasteiger partial charge in [-0.25, -0.2) is 9.37 Å². The second-order valence-corrected chi connectivity index (χ2v) is 6.55. The molecule has 1 heterocycles. The number of carbonyl (C=O) groups is 2. The number of anilines is 1. The molecule has 0 spiro atoms. The molecule has 1 aromatic heterocycles. The average molecular weight is 333 g/mol. The lowest BCUT2D eigenvalue weighted by Crippen LogP contribution is -2.32. The number of hydrogen-bond acceptors (Lipinski definition) is 4. The number of thiazole rings is 1. The van der Waals surface area contributed by atoms with Crippen LogP contribution in [0.1, 0.15) is 35.8 Å².